The Balaban J connectivity index is 1.95. The van der Waals surface area contributed by atoms with Crippen LogP contribution >= 0.6 is 0 Å². The fourth-order valence-electron chi connectivity index (χ4n) is 3.10. The summed E-state index contributed by atoms with van der Waals surface area (Å²) in [6.07, 6.45) is 1.51. The zero-order valence-electron chi connectivity index (χ0n) is 17.9. The van der Waals surface area contributed by atoms with E-state index in [0.29, 0.717) is 25.3 Å². The van der Waals surface area contributed by atoms with Gasteiger partial charge in [0.1, 0.15) is 5.82 Å². The minimum Gasteiger partial charge on any atom is -0.464 e. The lowest BCUT2D eigenvalue weighted by molar-refractivity contribution is -0.137. The van der Waals surface area contributed by atoms with Crippen LogP contribution in [0.1, 0.15) is 22.5 Å². The van der Waals surface area contributed by atoms with Gasteiger partial charge < -0.3 is 24.8 Å². The Bertz CT molecular complexity index is 1100. The van der Waals surface area contributed by atoms with Crippen LogP contribution in [0.5, 0.6) is 0 Å². The fraction of sp³-hybridized carbons (Fsp3) is 0.364. The van der Waals surface area contributed by atoms with E-state index in [0.717, 1.165) is 0 Å². The monoisotopic (exact) mass is 442 g/mol. The smallest absolute Gasteiger partial charge is 0.360 e. The third-order valence-electron chi connectivity index (χ3n) is 4.92. The van der Waals surface area contributed by atoms with E-state index in [1.54, 1.807) is 7.05 Å². The normalized spacial score (nSPS) is 17.7. The molecule has 1 aromatic heterocycles. The summed E-state index contributed by atoms with van der Waals surface area (Å²) in [5.41, 5.74) is -1.36. The maximum Gasteiger partial charge on any atom is 0.360 e. The molecule has 32 heavy (non-hydrogen) atoms. The number of likely N-dealkylation sites (N-methyl/N-ethyl adjacent to an activating group) is 1. The first-order valence-corrected chi connectivity index (χ1v) is 9.78. The average Bonchev–Trinajstić information content (AvgIpc) is 3.06. The third-order valence-corrected chi connectivity index (χ3v) is 4.92. The lowest BCUT2D eigenvalue weighted by Crippen LogP contribution is -2.37. The van der Waals surface area contributed by atoms with Crippen molar-refractivity contribution in [3.63, 3.8) is 0 Å². The van der Waals surface area contributed by atoms with E-state index in [1.165, 1.54) is 43.5 Å². The molecule has 168 valence electrons. The number of benzene rings is 1. The van der Waals surface area contributed by atoms with E-state index in [1.807, 2.05) is 0 Å². The van der Waals surface area contributed by atoms with Gasteiger partial charge in [-0.1, -0.05) is 11.8 Å². The molecule has 2 heterocycles. The van der Waals surface area contributed by atoms with Crippen LogP contribution in [0.25, 0.3) is 11.3 Å². The topological polar surface area (TPSA) is 114 Å². The summed E-state index contributed by atoms with van der Waals surface area (Å²) in [5.74, 6) is 3.69. The first-order chi connectivity index (χ1) is 15.3. The molecule has 0 spiro atoms. The van der Waals surface area contributed by atoms with Crippen LogP contribution in [0.15, 0.2) is 24.4 Å². The second kappa shape index (κ2) is 9.72. The van der Waals surface area contributed by atoms with Gasteiger partial charge >= 0.3 is 5.97 Å². The van der Waals surface area contributed by atoms with Crippen molar-refractivity contribution < 1.29 is 28.6 Å². The molecule has 1 amide bonds. The van der Waals surface area contributed by atoms with Gasteiger partial charge in [-0.15, -0.1) is 0 Å². The van der Waals surface area contributed by atoms with Gasteiger partial charge in [0.2, 0.25) is 5.60 Å². The minimum absolute atomic E-state index is 0.0553. The van der Waals surface area contributed by atoms with E-state index in [2.05, 4.69) is 27.1 Å². The van der Waals surface area contributed by atoms with Crippen molar-refractivity contribution in [3.05, 3.63) is 41.5 Å². The Morgan fingerprint density at radius 2 is 2.19 bits per heavy atom. The molecule has 1 aliphatic heterocycles. The average molecular weight is 442 g/mol. The van der Waals surface area contributed by atoms with E-state index in [-0.39, 0.29) is 29.2 Å². The van der Waals surface area contributed by atoms with Crippen molar-refractivity contribution in [3.8, 4) is 23.1 Å². The number of rotatable bonds is 6. The fourth-order valence-corrected chi connectivity index (χ4v) is 3.10. The summed E-state index contributed by atoms with van der Waals surface area (Å²) >= 11 is 0. The Morgan fingerprint density at radius 3 is 2.84 bits per heavy atom. The van der Waals surface area contributed by atoms with E-state index >= 15 is 0 Å². The lowest BCUT2D eigenvalue weighted by Gasteiger charge is -2.13. The van der Waals surface area contributed by atoms with Crippen LogP contribution in [-0.4, -0.2) is 78.4 Å². The molecule has 0 radical (unpaired) electrons. The molecule has 2 aromatic rings. The van der Waals surface area contributed by atoms with Crippen LogP contribution in [-0.2, 0) is 14.3 Å². The molecule has 1 saturated heterocycles. The van der Waals surface area contributed by atoms with Crippen molar-refractivity contribution in [2.75, 3.05) is 46.3 Å². The summed E-state index contributed by atoms with van der Waals surface area (Å²) in [7, 11) is 4.33. The van der Waals surface area contributed by atoms with Gasteiger partial charge in [0.05, 0.1) is 25.6 Å². The number of halogens is 1. The van der Waals surface area contributed by atoms with Crippen LogP contribution in [0.4, 0.5) is 10.2 Å². The highest BCUT2D eigenvalue weighted by Crippen LogP contribution is 2.25. The number of carbonyl (C=O) groups is 2. The molecule has 0 aliphatic carbocycles. The number of ether oxygens (including phenoxy) is 2. The SMILES string of the molecule is COCCNc1ncc(-c2cc(C#C[C@]3(O)CCN(C)C3=O)ccc2F)nc1C(=O)OC. The number of aromatic nitrogens is 2. The van der Waals surface area contributed by atoms with Crippen molar-refractivity contribution in [1.82, 2.24) is 14.9 Å². The van der Waals surface area contributed by atoms with Gasteiger partial charge in [-0.2, -0.15) is 0 Å². The second-order valence-electron chi connectivity index (χ2n) is 7.15. The van der Waals surface area contributed by atoms with E-state index < -0.39 is 23.3 Å². The molecule has 0 bridgehead atoms. The van der Waals surface area contributed by atoms with Gasteiger partial charge in [-0.05, 0) is 18.2 Å². The molecule has 1 aliphatic rings. The predicted octanol–water partition coefficient (Wildman–Crippen LogP) is 1.07. The summed E-state index contributed by atoms with van der Waals surface area (Å²) < 4.78 is 24.3. The molecule has 10 heteroatoms. The first kappa shape index (κ1) is 23.1. The molecule has 0 unspecified atom stereocenters. The zero-order chi connectivity index (χ0) is 23.3. The molecule has 1 atom stereocenters. The van der Waals surface area contributed by atoms with Crippen LogP contribution in [0.3, 0.4) is 0 Å². The molecular weight excluding hydrogens is 419 g/mol. The number of hydrogen-bond acceptors (Lipinski definition) is 8. The number of carbonyl (C=O) groups excluding carboxylic acids is 2. The Morgan fingerprint density at radius 1 is 1.41 bits per heavy atom. The number of esters is 1. The number of nitrogens with zero attached hydrogens (tertiary/aromatic N) is 3. The Hall–Kier alpha value is -3.55. The van der Waals surface area contributed by atoms with Crippen molar-refractivity contribution in [1.29, 1.82) is 0 Å². The number of methoxy groups -OCH3 is 2. The van der Waals surface area contributed by atoms with E-state index in [9.17, 15) is 19.1 Å². The van der Waals surface area contributed by atoms with Gasteiger partial charge in [0.25, 0.3) is 5.91 Å². The van der Waals surface area contributed by atoms with Crippen molar-refractivity contribution >= 4 is 17.7 Å². The third kappa shape index (κ3) is 4.85. The maximum atomic E-state index is 14.6. The molecule has 1 aromatic carbocycles. The summed E-state index contributed by atoms with van der Waals surface area (Å²) in [4.78, 5) is 34.1. The highest BCUT2D eigenvalue weighted by Gasteiger charge is 2.42. The molecule has 1 fully saturated rings. The van der Waals surface area contributed by atoms with Gasteiger partial charge in [0, 0.05) is 44.8 Å². The minimum atomic E-state index is -1.77. The van der Waals surface area contributed by atoms with Gasteiger partial charge in [0.15, 0.2) is 11.5 Å². The molecule has 9 nitrogen and oxygen atoms in total. The molecule has 0 saturated carbocycles. The number of amides is 1. The van der Waals surface area contributed by atoms with Gasteiger partial charge in [-0.25, -0.2) is 19.2 Å². The van der Waals surface area contributed by atoms with Gasteiger partial charge in [-0.3, -0.25) is 4.79 Å². The van der Waals surface area contributed by atoms with Crippen molar-refractivity contribution in [2.45, 2.75) is 12.0 Å². The molecule has 3 rings (SSSR count). The summed E-state index contributed by atoms with van der Waals surface area (Å²) in [5, 5.41) is 13.4. The van der Waals surface area contributed by atoms with Crippen LogP contribution in [0, 0.1) is 17.7 Å². The number of likely N-dealkylation sites (tertiary alicyclic amines) is 1. The largest absolute Gasteiger partial charge is 0.464 e. The highest BCUT2D eigenvalue weighted by atomic mass is 19.1. The van der Waals surface area contributed by atoms with Crippen molar-refractivity contribution in [2.24, 2.45) is 0 Å². The molecule has 2 N–H and O–H groups in total. The maximum absolute atomic E-state index is 14.6. The van der Waals surface area contributed by atoms with Crippen LogP contribution in [0.2, 0.25) is 0 Å². The quantitative estimate of drug-likeness (QED) is 0.388. The highest BCUT2D eigenvalue weighted by molar-refractivity contribution is 5.93. The Labute approximate surface area is 184 Å². The summed E-state index contributed by atoms with van der Waals surface area (Å²) in [6, 6.07) is 4.03. The molecular formula is C22H23FN4O5. The predicted molar refractivity (Wildman–Crippen MR) is 113 cm³/mol. The standard InChI is InChI=1S/C22H23FN4O5/c1-27-10-8-22(30,21(27)29)7-6-14-4-5-16(23)15(12-14)17-13-25-19(24-9-11-31-2)18(26-17)20(28)32-3/h4-5,12-13,30H,8-11H2,1-3H3,(H,24,25)/t22-/m0/s1. The number of anilines is 1. The van der Waals surface area contributed by atoms with Crippen LogP contribution < -0.4 is 5.32 Å². The number of aliphatic hydroxyl groups is 1. The number of hydrogen-bond donors (Lipinski definition) is 2. The summed E-state index contributed by atoms with van der Waals surface area (Å²) in [6.45, 7) is 1.16. The first-order valence-electron chi connectivity index (χ1n) is 9.78. The van der Waals surface area contributed by atoms with E-state index in [4.69, 9.17) is 9.47 Å². The Kier molecular flexibility index (Phi) is 7.02. The second-order valence-corrected chi connectivity index (χ2v) is 7.15. The zero-order valence-corrected chi connectivity index (χ0v) is 17.9. The lowest BCUT2D eigenvalue weighted by atomic mass is 10.0. The number of nitrogens with one attached hydrogen (secondary N) is 1.